The van der Waals surface area contributed by atoms with Gasteiger partial charge in [0.1, 0.15) is 0 Å². The Kier molecular flexibility index (Phi) is 4.87. The van der Waals surface area contributed by atoms with Crippen molar-refractivity contribution >= 4 is 0 Å². The van der Waals surface area contributed by atoms with Gasteiger partial charge in [-0.25, -0.2) is 0 Å². The Bertz CT molecular complexity index is 223. The van der Waals surface area contributed by atoms with E-state index in [-0.39, 0.29) is 0 Å². The molecule has 2 aliphatic rings. The SMILES string of the molecule is CCC1CN(CCCC2CC2)C(C(C)C)CN1. The minimum atomic E-state index is 0.728. The van der Waals surface area contributed by atoms with Gasteiger partial charge in [-0.05, 0) is 37.6 Å². The van der Waals surface area contributed by atoms with Crippen LogP contribution in [0.2, 0.25) is 0 Å². The second-order valence-electron chi connectivity index (χ2n) is 6.41. The van der Waals surface area contributed by atoms with E-state index >= 15 is 0 Å². The molecule has 0 bridgehead atoms. The van der Waals surface area contributed by atoms with E-state index in [1.54, 1.807) is 0 Å². The largest absolute Gasteiger partial charge is 0.311 e. The zero-order valence-corrected chi connectivity index (χ0v) is 11.9. The highest BCUT2D eigenvalue weighted by atomic mass is 15.2. The van der Waals surface area contributed by atoms with E-state index in [1.165, 1.54) is 51.7 Å². The molecule has 2 unspecified atom stereocenters. The van der Waals surface area contributed by atoms with E-state index in [4.69, 9.17) is 0 Å². The maximum absolute atomic E-state index is 3.70. The Morgan fingerprint density at radius 2 is 2.06 bits per heavy atom. The van der Waals surface area contributed by atoms with Crippen molar-refractivity contribution in [3.8, 4) is 0 Å². The first-order chi connectivity index (χ1) is 8.20. The fourth-order valence-corrected chi connectivity index (χ4v) is 3.08. The number of nitrogens with zero attached hydrogens (tertiary/aromatic N) is 1. The zero-order valence-electron chi connectivity index (χ0n) is 11.9. The predicted octanol–water partition coefficient (Wildman–Crippen LogP) is 2.89. The molecule has 0 radical (unpaired) electrons. The van der Waals surface area contributed by atoms with Crippen LogP contribution in [0.5, 0.6) is 0 Å². The van der Waals surface area contributed by atoms with E-state index in [0.717, 1.165) is 23.9 Å². The average molecular weight is 238 g/mol. The van der Waals surface area contributed by atoms with Crippen LogP contribution in [0.3, 0.4) is 0 Å². The third-order valence-electron chi connectivity index (χ3n) is 4.56. The van der Waals surface area contributed by atoms with Crippen molar-refractivity contribution in [3.05, 3.63) is 0 Å². The Balaban J connectivity index is 1.78. The molecule has 2 fully saturated rings. The predicted molar refractivity (Wildman–Crippen MR) is 74.2 cm³/mol. The molecular weight excluding hydrogens is 208 g/mol. The molecule has 0 aromatic rings. The van der Waals surface area contributed by atoms with Crippen LogP contribution in [0.25, 0.3) is 0 Å². The Hall–Kier alpha value is -0.0800. The Morgan fingerprint density at radius 3 is 2.65 bits per heavy atom. The van der Waals surface area contributed by atoms with Gasteiger partial charge in [0, 0.05) is 25.2 Å². The number of hydrogen-bond acceptors (Lipinski definition) is 2. The van der Waals surface area contributed by atoms with Crippen LogP contribution in [0.15, 0.2) is 0 Å². The van der Waals surface area contributed by atoms with E-state index in [1.807, 2.05) is 0 Å². The number of piperazine rings is 1. The first-order valence-electron chi connectivity index (χ1n) is 7.68. The highest BCUT2D eigenvalue weighted by Crippen LogP contribution is 2.33. The molecule has 100 valence electrons. The molecule has 0 spiro atoms. The lowest BCUT2D eigenvalue weighted by Crippen LogP contribution is -2.58. The molecular formula is C15H30N2. The van der Waals surface area contributed by atoms with Gasteiger partial charge >= 0.3 is 0 Å². The summed E-state index contributed by atoms with van der Waals surface area (Å²) in [6, 6.07) is 1.49. The van der Waals surface area contributed by atoms with Gasteiger partial charge in [-0.2, -0.15) is 0 Å². The fraction of sp³-hybridized carbons (Fsp3) is 1.00. The van der Waals surface area contributed by atoms with E-state index in [0.29, 0.717) is 0 Å². The van der Waals surface area contributed by atoms with Crippen LogP contribution in [-0.2, 0) is 0 Å². The molecule has 2 nitrogen and oxygen atoms in total. The first-order valence-corrected chi connectivity index (χ1v) is 7.68. The quantitative estimate of drug-likeness (QED) is 0.765. The summed E-state index contributed by atoms with van der Waals surface area (Å²) in [7, 11) is 0. The van der Waals surface area contributed by atoms with Crippen LogP contribution < -0.4 is 5.32 Å². The summed E-state index contributed by atoms with van der Waals surface area (Å²) in [6.45, 7) is 10.8. The van der Waals surface area contributed by atoms with Crippen LogP contribution in [-0.4, -0.2) is 36.6 Å². The molecule has 0 amide bonds. The third-order valence-corrected chi connectivity index (χ3v) is 4.56. The molecule has 17 heavy (non-hydrogen) atoms. The van der Waals surface area contributed by atoms with Crippen molar-refractivity contribution in [1.82, 2.24) is 10.2 Å². The van der Waals surface area contributed by atoms with Crippen LogP contribution in [0.1, 0.15) is 52.9 Å². The van der Waals surface area contributed by atoms with Crippen LogP contribution in [0.4, 0.5) is 0 Å². The molecule has 0 aromatic heterocycles. The normalized spacial score (nSPS) is 31.1. The zero-order chi connectivity index (χ0) is 12.3. The van der Waals surface area contributed by atoms with Crippen molar-refractivity contribution < 1.29 is 0 Å². The molecule has 1 N–H and O–H groups in total. The average Bonchev–Trinajstić information content (AvgIpc) is 3.12. The van der Waals surface area contributed by atoms with Crippen molar-refractivity contribution in [2.24, 2.45) is 11.8 Å². The molecule has 1 aliphatic carbocycles. The van der Waals surface area contributed by atoms with Crippen molar-refractivity contribution in [2.75, 3.05) is 19.6 Å². The third kappa shape index (κ3) is 3.96. The Morgan fingerprint density at radius 1 is 1.29 bits per heavy atom. The summed E-state index contributed by atoms with van der Waals surface area (Å²) >= 11 is 0. The Labute approximate surface area is 107 Å². The van der Waals surface area contributed by atoms with Gasteiger partial charge in [-0.15, -0.1) is 0 Å². The van der Waals surface area contributed by atoms with Crippen molar-refractivity contribution in [2.45, 2.75) is 65.0 Å². The highest BCUT2D eigenvalue weighted by Gasteiger charge is 2.29. The topological polar surface area (TPSA) is 15.3 Å². The summed E-state index contributed by atoms with van der Waals surface area (Å²) in [5, 5.41) is 3.70. The summed E-state index contributed by atoms with van der Waals surface area (Å²) in [4.78, 5) is 2.76. The van der Waals surface area contributed by atoms with Crippen molar-refractivity contribution in [3.63, 3.8) is 0 Å². The van der Waals surface area contributed by atoms with Gasteiger partial charge in [0.25, 0.3) is 0 Å². The van der Waals surface area contributed by atoms with Crippen LogP contribution in [0, 0.1) is 11.8 Å². The van der Waals surface area contributed by atoms with Crippen molar-refractivity contribution in [1.29, 1.82) is 0 Å². The van der Waals surface area contributed by atoms with Crippen LogP contribution >= 0.6 is 0 Å². The summed E-state index contributed by atoms with van der Waals surface area (Å²) in [5.74, 6) is 1.87. The van der Waals surface area contributed by atoms with E-state index in [9.17, 15) is 0 Å². The number of hydrogen-bond donors (Lipinski definition) is 1. The second-order valence-corrected chi connectivity index (χ2v) is 6.41. The lowest BCUT2D eigenvalue weighted by Gasteiger charge is -2.42. The minimum absolute atomic E-state index is 0.728. The maximum atomic E-state index is 3.70. The number of nitrogens with one attached hydrogen (secondary N) is 1. The molecule has 2 heteroatoms. The molecule has 1 heterocycles. The molecule has 1 saturated heterocycles. The second kappa shape index (κ2) is 6.19. The van der Waals surface area contributed by atoms with Gasteiger partial charge in [0.2, 0.25) is 0 Å². The molecule has 2 atom stereocenters. The fourth-order valence-electron chi connectivity index (χ4n) is 3.08. The van der Waals surface area contributed by atoms with E-state index < -0.39 is 0 Å². The van der Waals surface area contributed by atoms with E-state index in [2.05, 4.69) is 31.0 Å². The van der Waals surface area contributed by atoms with Gasteiger partial charge in [0.15, 0.2) is 0 Å². The molecule has 1 saturated carbocycles. The summed E-state index contributed by atoms with van der Waals surface area (Å²) < 4.78 is 0. The summed E-state index contributed by atoms with van der Waals surface area (Å²) in [5.41, 5.74) is 0. The standard InChI is InChI=1S/C15H30N2/c1-4-14-11-17(9-5-6-13-7-8-13)15(10-16-14)12(2)3/h12-16H,4-11H2,1-3H3. The van der Waals surface area contributed by atoms with Gasteiger partial charge in [-0.1, -0.05) is 33.6 Å². The molecule has 1 aliphatic heterocycles. The smallest absolute Gasteiger partial charge is 0.0244 e. The lowest BCUT2D eigenvalue weighted by molar-refractivity contribution is 0.0949. The molecule has 0 aromatic carbocycles. The minimum Gasteiger partial charge on any atom is -0.311 e. The monoisotopic (exact) mass is 238 g/mol. The maximum Gasteiger partial charge on any atom is 0.0244 e. The number of rotatable bonds is 6. The van der Waals surface area contributed by atoms with Gasteiger partial charge in [-0.3, -0.25) is 4.90 Å². The first kappa shape index (κ1) is 13.4. The lowest BCUT2D eigenvalue weighted by atomic mass is 9.97. The van der Waals surface area contributed by atoms with Gasteiger partial charge in [0.05, 0.1) is 0 Å². The highest BCUT2D eigenvalue weighted by molar-refractivity contribution is 4.87. The van der Waals surface area contributed by atoms with Gasteiger partial charge < -0.3 is 5.32 Å². The molecule has 2 rings (SSSR count). The summed E-state index contributed by atoms with van der Waals surface area (Å²) in [6.07, 6.45) is 7.18.